The largest absolute Gasteiger partial charge is 0.0767 e. The molecule has 2 heteroatoms. The van der Waals surface area contributed by atoms with Crippen LogP contribution in [0, 0.1) is 6.42 Å². The molecular weight excluding hydrogens is 172 g/mol. The fraction of sp³-hybridized carbons (Fsp3) is 0. The molecule has 1 rings (SSSR count). The average Bonchev–Trinajstić information content (AvgIpc) is 1.76. The molecule has 0 saturated heterocycles. The van der Waals surface area contributed by atoms with Crippen molar-refractivity contribution < 1.29 is 34.1 Å². The van der Waals surface area contributed by atoms with Gasteiger partial charge in [-0.1, -0.05) is 24.3 Å². The molecule has 0 atom stereocenters. The molecule has 41 valence electrons. The molecule has 0 unspecified atom stereocenters. The van der Waals surface area contributed by atoms with Crippen molar-refractivity contribution in [2.45, 2.75) is 0 Å². The number of hydrogen-bond donors (Lipinski definition) is 0. The van der Waals surface area contributed by atoms with Crippen molar-refractivity contribution in [2.24, 2.45) is 0 Å². The fourth-order valence-electron chi connectivity index (χ4n) is 0.321. The molecule has 0 aromatic heterocycles. The number of allylic oxidation sites excluding steroid dienone is 4. The summed E-state index contributed by atoms with van der Waals surface area (Å²) < 4.78 is 0. The molecule has 1 aliphatic rings. The maximum Gasteiger partial charge on any atom is 0.00506 e. The van der Waals surface area contributed by atoms with Crippen molar-refractivity contribution in [2.75, 3.05) is 0 Å². The van der Waals surface area contributed by atoms with Gasteiger partial charge in [0.15, 0.2) is 0 Å². The van der Waals surface area contributed by atoms with Crippen molar-refractivity contribution in [1.82, 2.24) is 0 Å². The van der Waals surface area contributed by atoms with Crippen molar-refractivity contribution in [3.8, 4) is 0 Å². The Morgan fingerprint density at radius 1 is 0.571 bits per heavy atom. The van der Waals surface area contributed by atoms with E-state index in [1.807, 2.05) is 30.7 Å². The first-order valence-corrected chi connectivity index (χ1v) is 1.67. The Kier molecular flexibility index (Phi) is 9.77. The van der Waals surface area contributed by atoms with E-state index in [1.165, 1.54) is 0 Å². The molecule has 0 aromatic carbocycles. The van der Waals surface area contributed by atoms with Crippen LogP contribution in [-0.4, -0.2) is 0 Å². The van der Waals surface area contributed by atoms with Gasteiger partial charge in [-0.2, -0.15) is 0 Å². The molecular formula is C5H5Fe2. The molecule has 0 heterocycles. The monoisotopic (exact) mass is 177 g/mol. The van der Waals surface area contributed by atoms with E-state index in [1.54, 1.807) is 0 Å². The van der Waals surface area contributed by atoms with Crippen LogP contribution in [0.25, 0.3) is 0 Å². The molecule has 7 heavy (non-hydrogen) atoms. The van der Waals surface area contributed by atoms with Gasteiger partial charge in [0.25, 0.3) is 0 Å². The normalized spacial score (nSPS) is 12.6. The Labute approximate surface area is 65.0 Å². The van der Waals surface area contributed by atoms with Crippen LogP contribution >= 0.6 is 0 Å². The van der Waals surface area contributed by atoms with Crippen LogP contribution in [0.3, 0.4) is 0 Å². The maximum atomic E-state index is 2.00. The van der Waals surface area contributed by atoms with Crippen molar-refractivity contribution >= 4 is 0 Å². The second-order valence-corrected chi connectivity index (χ2v) is 0.962. The second-order valence-electron chi connectivity index (χ2n) is 0.962. The third kappa shape index (κ3) is 4.37. The van der Waals surface area contributed by atoms with Crippen LogP contribution in [0.15, 0.2) is 24.3 Å². The first-order chi connectivity index (χ1) is 2.50. The third-order valence-corrected chi connectivity index (χ3v) is 0.556. The summed E-state index contributed by atoms with van der Waals surface area (Å²) in [6, 6.07) is 0. The topological polar surface area (TPSA) is 0 Å². The predicted molar refractivity (Wildman–Crippen MR) is 22.6 cm³/mol. The van der Waals surface area contributed by atoms with Crippen LogP contribution in [0.4, 0.5) is 0 Å². The fourth-order valence-corrected chi connectivity index (χ4v) is 0.321. The molecule has 1 aliphatic carbocycles. The summed E-state index contributed by atoms with van der Waals surface area (Å²) >= 11 is 0. The Hall–Kier alpha value is 0.519. The zero-order valence-electron chi connectivity index (χ0n) is 3.59. The van der Waals surface area contributed by atoms with Gasteiger partial charge in [0, 0.05) is 40.6 Å². The van der Waals surface area contributed by atoms with Gasteiger partial charge in [-0.05, 0) is 0 Å². The van der Waals surface area contributed by atoms with Gasteiger partial charge in [0.2, 0.25) is 0 Å². The van der Waals surface area contributed by atoms with E-state index < -0.39 is 0 Å². The van der Waals surface area contributed by atoms with Gasteiger partial charge in [0.1, 0.15) is 0 Å². The molecule has 0 amide bonds. The van der Waals surface area contributed by atoms with Crippen LogP contribution < -0.4 is 0 Å². The first-order valence-electron chi connectivity index (χ1n) is 1.67. The molecule has 0 fully saturated rings. The number of hydrogen-bond acceptors (Lipinski definition) is 0. The van der Waals surface area contributed by atoms with E-state index in [-0.39, 0.29) is 34.1 Å². The number of rotatable bonds is 0. The molecule has 0 aromatic rings. The Morgan fingerprint density at radius 3 is 1.14 bits per heavy atom. The quantitative estimate of drug-likeness (QED) is 0.489. The van der Waals surface area contributed by atoms with Crippen LogP contribution in [0.1, 0.15) is 0 Å². The van der Waals surface area contributed by atoms with Crippen LogP contribution in [-0.2, 0) is 34.1 Å². The summed E-state index contributed by atoms with van der Waals surface area (Å²) in [4.78, 5) is 0. The summed E-state index contributed by atoms with van der Waals surface area (Å²) in [6.07, 6.45) is 10.0. The Balaban J connectivity index is 0. The van der Waals surface area contributed by atoms with Gasteiger partial charge in [-0.3, -0.25) is 0 Å². The average molecular weight is 177 g/mol. The zero-order valence-corrected chi connectivity index (χ0v) is 5.80. The minimum atomic E-state index is 0. The minimum absolute atomic E-state index is 0. The first kappa shape index (κ1) is 10.5. The molecule has 1 radical (unpaired) electrons. The molecule has 0 spiro atoms. The summed E-state index contributed by atoms with van der Waals surface area (Å²) in [7, 11) is 0. The third-order valence-electron chi connectivity index (χ3n) is 0.556. The SMILES string of the molecule is [CH]1C=CC=C1.[Fe].[Fe]. The molecule has 0 nitrogen and oxygen atoms in total. The molecule has 0 N–H and O–H groups in total. The van der Waals surface area contributed by atoms with Gasteiger partial charge in [-0.25, -0.2) is 0 Å². The summed E-state index contributed by atoms with van der Waals surface area (Å²) in [5, 5.41) is 0. The Morgan fingerprint density at radius 2 is 1.00 bits per heavy atom. The molecule has 0 bridgehead atoms. The van der Waals surface area contributed by atoms with Crippen LogP contribution in [0.2, 0.25) is 0 Å². The van der Waals surface area contributed by atoms with E-state index >= 15 is 0 Å². The van der Waals surface area contributed by atoms with Gasteiger partial charge >= 0.3 is 0 Å². The van der Waals surface area contributed by atoms with Crippen LogP contribution in [0.5, 0.6) is 0 Å². The zero-order chi connectivity index (χ0) is 3.54. The van der Waals surface area contributed by atoms with Gasteiger partial charge in [0.05, 0.1) is 0 Å². The molecule has 0 aliphatic heterocycles. The van der Waals surface area contributed by atoms with E-state index in [9.17, 15) is 0 Å². The maximum absolute atomic E-state index is 2.00. The second kappa shape index (κ2) is 6.52. The Bertz CT molecular complexity index is 64.1. The summed E-state index contributed by atoms with van der Waals surface area (Å²) in [6.45, 7) is 0. The smallest absolute Gasteiger partial charge is 0.00506 e. The standard InChI is InChI=1S/C5H5.2Fe/c1-2-4-5-3-1;;/h1-5H;;. The predicted octanol–water partition coefficient (Wildman–Crippen LogP) is 1.31. The van der Waals surface area contributed by atoms with E-state index in [2.05, 4.69) is 0 Å². The molecule has 0 saturated carbocycles. The minimum Gasteiger partial charge on any atom is -0.0767 e. The van der Waals surface area contributed by atoms with E-state index in [0.717, 1.165) is 0 Å². The van der Waals surface area contributed by atoms with Gasteiger partial charge < -0.3 is 0 Å². The van der Waals surface area contributed by atoms with Crippen molar-refractivity contribution in [3.63, 3.8) is 0 Å². The van der Waals surface area contributed by atoms with E-state index in [0.29, 0.717) is 0 Å². The van der Waals surface area contributed by atoms with Crippen molar-refractivity contribution in [3.05, 3.63) is 30.7 Å². The summed E-state index contributed by atoms with van der Waals surface area (Å²) in [5.41, 5.74) is 0. The summed E-state index contributed by atoms with van der Waals surface area (Å²) in [5.74, 6) is 0. The van der Waals surface area contributed by atoms with Crippen molar-refractivity contribution in [1.29, 1.82) is 0 Å². The van der Waals surface area contributed by atoms with Gasteiger partial charge in [-0.15, -0.1) is 0 Å². The van der Waals surface area contributed by atoms with E-state index in [4.69, 9.17) is 0 Å².